The summed E-state index contributed by atoms with van der Waals surface area (Å²) in [5, 5.41) is 9.65. The summed E-state index contributed by atoms with van der Waals surface area (Å²) in [7, 11) is -1.50. The average Bonchev–Trinajstić information content (AvgIpc) is 2.52. The largest absolute Gasteiger partial charge is 0.697 e. The summed E-state index contributed by atoms with van der Waals surface area (Å²) in [6.07, 6.45) is 6.68. The van der Waals surface area contributed by atoms with Crippen LogP contribution in [0.3, 0.4) is 0 Å². The Morgan fingerprint density at radius 2 is 1.68 bits per heavy atom. The fourth-order valence-corrected chi connectivity index (χ4v) is 2.37. The molecule has 0 rings (SSSR count). The highest BCUT2D eigenvalue weighted by Gasteiger charge is 2.41. The van der Waals surface area contributed by atoms with Gasteiger partial charge in [-0.05, 0) is 53.4 Å². The fourth-order valence-electron chi connectivity index (χ4n) is 1.99. The van der Waals surface area contributed by atoms with Gasteiger partial charge >= 0.3 is 14.2 Å². The molecule has 0 saturated carbocycles. The smallest absolute Gasteiger partial charge is 0.383 e. The van der Waals surface area contributed by atoms with Crippen molar-refractivity contribution in [1.82, 2.24) is 0 Å². The van der Waals surface area contributed by atoms with Crippen LogP contribution in [0, 0.1) is 0 Å². The van der Waals surface area contributed by atoms with Crippen LogP contribution in [0.15, 0.2) is 34.9 Å². The number of allylic oxidation sites excluding steroid dienone is 5. The van der Waals surface area contributed by atoms with Gasteiger partial charge < -0.3 is 5.11 Å². The van der Waals surface area contributed by atoms with Crippen LogP contribution in [0.1, 0.15) is 53.4 Å². The maximum absolute atomic E-state index is 13.7. The molecule has 0 spiro atoms. The van der Waals surface area contributed by atoms with Crippen LogP contribution >= 0.6 is 8.25 Å². The van der Waals surface area contributed by atoms with E-state index in [9.17, 15) is 18.5 Å². The van der Waals surface area contributed by atoms with Crippen LogP contribution in [-0.4, -0.2) is 30.8 Å². The van der Waals surface area contributed by atoms with E-state index in [1.807, 2.05) is 0 Å². The quantitative estimate of drug-likeness (QED) is 0.348. The zero-order valence-electron chi connectivity index (χ0n) is 15.7. The normalized spacial score (nSPS) is 15.1. The van der Waals surface area contributed by atoms with Gasteiger partial charge in [-0.3, -0.25) is 0 Å². The average molecular weight is 379 g/mol. The molecular weight excluding hydrogens is 349 g/mol. The summed E-state index contributed by atoms with van der Waals surface area (Å²) >= 11 is 0. The van der Waals surface area contributed by atoms with Gasteiger partial charge in [-0.2, -0.15) is 0 Å². The highest BCUT2D eigenvalue weighted by Crippen LogP contribution is 2.29. The monoisotopic (exact) mass is 379 g/mol. The molecule has 0 amide bonds. The van der Waals surface area contributed by atoms with E-state index in [0.717, 1.165) is 32.4 Å². The first-order chi connectivity index (χ1) is 11.6. The first-order valence-corrected chi connectivity index (χ1v) is 9.34. The van der Waals surface area contributed by atoms with E-state index < -0.39 is 26.9 Å². The maximum atomic E-state index is 13.7. The molecule has 0 aliphatic rings. The highest BCUT2D eigenvalue weighted by molar-refractivity contribution is 7.33. The minimum atomic E-state index is -3.53. The van der Waals surface area contributed by atoms with Gasteiger partial charge in [0.05, 0.1) is 7.11 Å². The predicted molar refractivity (Wildman–Crippen MR) is 96.9 cm³/mol. The van der Waals surface area contributed by atoms with Crippen LogP contribution in [-0.2, 0) is 13.6 Å². The molecular formula is C18H30F2O4P+. The van der Waals surface area contributed by atoms with Gasteiger partial charge in [0.15, 0.2) is 6.61 Å². The summed E-state index contributed by atoms with van der Waals surface area (Å²) in [5.74, 6) is -3.53. The van der Waals surface area contributed by atoms with E-state index in [0.29, 0.717) is 12.0 Å². The topological polar surface area (TPSA) is 55.8 Å². The molecule has 2 atom stereocenters. The van der Waals surface area contributed by atoms with Crippen molar-refractivity contribution in [3.63, 3.8) is 0 Å². The number of rotatable bonds is 12. The van der Waals surface area contributed by atoms with Crippen molar-refractivity contribution < 1.29 is 27.5 Å². The molecule has 0 saturated heterocycles. The summed E-state index contributed by atoms with van der Waals surface area (Å²) in [6.45, 7) is 6.71. The summed E-state index contributed by atoms with van der Waals surface area (Å²) in [6, 6.07) is 0. The fraction of sp³-hybridized carbons (Fsp3) is 0.667. The lowest BCUT2D eigenvalue weighted by Crippen LogP contribution is -2.36. The Labute approximate surface area is 150 Å². The van der Waals surface area contributed by atoms with Crippen LogP contribution in [0.4, 0.5) is 8.78 Å². The third-order valence-corrected chi connectivity index (χ3v) is 4.15. The molecule has 4 nitrogen and oxygen atoms in total. The molecule has 0 aromatic rings. The van der Waals surface area contributed by atoms with E-state index in [-0.39, 0.29) is 0 Å². The second-order valence-corrected chi connectivity index (χ2v) is 7.38. The van der Waals surface area contributed by atoms with Gasteiger partial charge in [-0.25, -0.2) is 8.78 Å². The van der Waals surface area contributed by atoms with Crippen LogP contribution < -0.4 is 0 Å². The Morgan fingerprint density at radius 1 is 1.12 bits per heavy atom. The van der Waals surface area contributed by atoms with Crippen molar-refractivity contribution in [3.05, 3.63) is 34.9 Å². The van der Waals surface area contributed by atoms with Crippen LogP contribution in [0.2, 0.25) is 0 Å². The van der Waals surface area contributed by atoms with E-state index in [1.165, 1.54) is 11.1 Å². The Balaban J connectivity index is 4.41. The Hall–Kier alpha value is -0.940. The van der Waals surface area contributed by atoms with Gasteiger partial charge in [-0.15, -0.1) is 9.05 Å². The van der Waals surface area contributed by atoms with Crippen LogP contribution in [0.25, 0.3) is 0 Å². The molecule has 0 heterocycles. The van der Waals surface area contributed by atoms with Gasteiger partial charge in [0.25, 0.3) is 0 Å². The molecule has 25 heavy (non-hydrogen) atoms. The van der Waals surface area contributed by atoms with Crippen molar-refractivity contribution in [3.8, 4) is 0 Å². The zero-order chi connectivity index (χ0) is 19.5. The second-order valence-electron chi connectivity index (χ2n) is 6.31. The van der Waals surface area contributed by atoms with Crippen molar-refractivity contribution >= 4 is 8.25 Å². The SMILES string of the molecule is CO[P+](=O)OCC(F)(F)C(O)C=C(C)CCC=C(C)CCC=C(C)C. The van der Waals surface area contributed by atoms with Gasteiger partial charge in [0.2, 0.25) is 0 Å². The first-order valence-electron chi connectivity index (χ1n) is 8.25. The third-order valence-electron chi connectivity index (χ3n) is 3.51. The van der Waals surface area contributed by atoms with E-state index in [2.05, 4.69) is 42.0 Å². The second kappa shape index (κ2) is 12.4. The standard InChI is InChI=1S/C18H30F2O4P/c1-14(2)8-6-9-15(3)10-7-11-16(4)12-17(21)18(19,20)13-24-25(22)23-5/h8,10,12,17,21H,6-7,9,11,13H2,1-5H3/q+1. The lowest BCUT2D eigenvalue weighted by Gasteiger charge is -2.17. The molecule has 0 aliphatic heterocycles. The van der Waals surface area contributed by atoms with E-state index >= 15 is 0 Å². The molecule has 2 unspecified atom stereocenters. The molecule has 1 N–H and O–H groups in total. The molecule has 0 aliphatic carbocycles. The first kappa shape index (κ1) is 24.1. The summed E-state index contributed by atoms with van der Waals surface area (Å²) < 4.78 is 46.9. The molecule has 0 radical (unpaired) electrons. The Kier molecular flexibility index (Phi) is 12.0. The minimum Gasteiger partial charge on any atom is -0.383 e. The lowest BCUT2D eigenvalue weighted by atomic mass is 10.0. The van der Waals surface area contributed by atoms with Gasteiger partial charge in [0, 0.05) is 4.57 Å². The van der Waals surface area contributed by atoms with Crippen molar-refractivity contribution in [2.24, 2.45) is 0 Å². The van der Waals surface area contributed by atoms with Crippen molar-refractivity contribution in [1.29, 1.82) is 0 Å². The number of alkyl halides is 2. The number of halogens is 2. The molecule has 0 aromatic carbocycles. The predicted octanol–water partition coefficient (Wildman–Crippen LogP) is 5.72. The van der Waals surface area contributed by atoms with E-state index in [1.54, 1.807) is 6.92 Å². The molecule has 0 aromatic heterocycles. The molecule has 0 bridgehead atoms. The Bertz CT molecular complexity index is 509. The van der Waals surface area contributed by atoms with Gasteiger partial charge in [-0.1, -0.05) is 34.9 Å². The number of hydrogen-bond acceptors (Lipinski definition) is 4. The zero-order valence-corrected chi connectivity index (χ0v) is 16.6. The molecule has 0 fully saturated rings. The molecule has 144 valence electrons. The number of hydrogen-bond donors (Lipinski definition) is 1. The summed E-state index contributed by atoms with van der Waals surface area (Å²) in [5.41, 5.74) is 3.21. The number of aliphatic hydroxyl groups excluding tert-OH is 1. The third kappa shape index (κ3) is 12.1. The minimum absolute atomic E-state index is 0.584. The van der Waals surface area contributed by atoms with Crippen molar-refractivity contribution in [2.45, 2.75) is 65.4 Å². The summed E-state index contributed by atoms with van der Waals surface area (Å²) in [4.78, 5) is 0. The van der Waals surface area contributed by atoms with Crippen LogP contribution in [0.5, 0.6) is 0 Å². The number of aliphatic hydroxyl groups is 1. The highest BCUT2D eigenvalue weighted by atomic mass is 31.1. The van der Waals surface area contributed by atoms with Crippen molar-refractivity contribution in [2.75, 3.05) is 13.7 Å². The lowest BCUT2D eigenvalue weighted by molar-refractivity contribution is -0.112. The Morgan fingerprint density at radius 3 is 2.24 bits per heavy atom. The molecule has 7 heteroatoms. The van der Waals surface area contributed by atoms with Gasteiger partial charge in [0.1, 0.15) is 6.10 Å². The van der Waals surface area contributed by atoms with E-state index in [4.69, 9.17) is 0 Å². The maximum Gasteiger partial charge on any atom is 0.697 e.